The largest absolute Gasteiger partial charge is 0.352 e. The Balaban J connectivity index is 1.39. The summed E-state index contributed by atoms with van der Waals surface area (Å²) in [4.78, 5) is 26.6. The molecule has 4 rings (SSSR count). The summed E-state index contributed by atoms with van der Waals surface area (Å²) in [5.74, 6) is 1.01. The van der Waals surface area contributed by atoms with Crippen LogP contribution in [0, 0.1) is 0 Å². The summed E-state index contributed by atoms with van der Waals surface area (Å²) in [6.45, 7) is 2.49. The fourth-order valence-electron chi connectivity index (χ4n) is 5.58. The van der Waals surface area contributed by atoms with Gasteiger partial charge in [0.2, 0.25) is 11.9 Å². The average Bonchev–Trinajstić information content (AvgIpc) is 3.01. The van der Waals surface area contributed by atoms with Crippen LogP contribution < -0.4 is 10.2 Å². The zero-order valence-electron chi connectivity index (χ0n) is 18.3. The normalized spacial score (nSPS) is 26.0. The molecule has 1 spiro atoms. The van der Waals surface area contributed by atoms with E-state index in [4.69, 9.17) is 4.98 Å². The van der Waals surface area contributed by atoms with Crippen LogP contribution in [0.1, 0.15) is 75.5 Å². The second-order valence-electron chi connectivity index (χ2n) is 9.64. The van der Waals surface area contributed by atoms with Crippen molar-refractivity contribution in [2.45, 2.75) is 82.1 Å². The van der Waals surface area contributed by atoms with Gasteiger partial charge in [0.05, 0.1) is 12.2 Å². The first-order valence-corrected chi connectivity index (χ1v) is 11.6. The van der Waals surface area contributed by atoms with Gasteiger partial charge in [-0.1, -0.05) is 32.1 Å². The van der Waals surface area contributed by atoms with E-state index in [0.717, 1.165) is 51.1 Å². The Labute approximate surface area is 175 Å². The van der Waals surface area contributed by atoms with Gasteiger partial charge in [-0.15, -0.1) is 0 Å². The van der Waals surface area contributed by atoms with Crippen LogP contribution in [-0.2, 0) is 16.6 Å². The maximum Gasteiger partial charge on any atom is 0.234 e. The highest BCUT2D eigenvalue weighted by Crippen LogP contribution is 2.44. The minimum absolute atomic E-state index is 0.0990. The molecule has 3 aliphatic rings. The third kappa shape index (κ3) is 4.73. The summed E-state index contributed by atoms with van der Waals surface area (Å²) in [6, 6.07) is 0.379. The molecule has 1 aromatic heterocycles. The van der Waals surface area contributed by atoms with E-state index in [1.54, 1.807) is 0 Å². The van der Waals surface area contributed by atoms with Crippen molar-refractivity contribution in [3.63, 3.8) is 0 Å². The number of hydrogen-bond acceptors (Lipinski definition) is 5. The first-order chi connectivity index (χ1) is 14.1. The number of rotatable bonds is 4. The molecule has 1 amide bonds. The van der Waals surface area contributed by atoms with Crippen LogP contribution in [0.4, 0.5) is 5.95 Å². The highest BCUT2D eigenvalue weighted by Gasteiger charge is 2.44. The van der Waals surface area contributed by atoms with Crippen molar-refractivity contribution in [3.05, 3.63) is 17.5 Å². The Hall–Kier alpha value is -1.69. The maximum absolute atomic E-state index is 12.8. The third-order valence-corrected chi connectivity index (χ3v) is 7.12. The van der Waals surface area contributed by atoms with E-state index in [9.17, 15) is 4.79 Å². The summed E-state index contributed by atoms with van der Waals surface area (Å²) >= 11 is 0. The number of likely N-dealkylation sites (tertiary alicyclic amines) is 1. The van der Waals surface area contributed by atoms with Crippen LogP contribution in [0.2, 0.25) is 0 Å². The lowest BCUT2D eigenvalue weighted by Gasteiger charge is -2.40. The van der Waals surface area contributed by atoms with E-state index in [-0.39, 0.29) is 11.3 Å². The molecule has 0 radical (unpaired) electrons. The fraction of sp³-hybridized carbons (Fsp3) is 0.783. The first-order valence-electron chi connectivity index (χ1n) is 11.6. The molecular weight excluding hydrogens is 362 g/mol. The average molecular weight is 400 g/mol. The van der Waals surface area contributed by atoms with Gasteiger partial charge in [-0.3, -0.25) is 9.69 Å². The van der Waals surface area contributed by atoms with E-state index < -0.39 is 0 Å². The van der Waals surface area contributed by atoms with E-state index in [1.165, 1.54) is 49.8 Å². The molecule has 6 heteroatoms. The molecule has 0 bridgehead atoms. The van der Waals surface area contributed by atoms with Gasteiger partial charge in [0.25, 0.3) is 0 Å². The summed E-state index contributed by atoms with van der Waals surface area (Å²) in [5.41, 5.74) is 2.64. The van der Waals surface area contributed by atoms with Crippen LogP contribution >= 0.6 is 0 Å². The number of hydrogen-bond donors (Lipinski definition) is 1. The van der Waals surface area contributed by atoms with E-state index >= 15 is 0 Å². The molecule has 1 atom stereocenters. The predicted octanol–water partition coefficient (Wildman–Crippen LogP) is 3.05. The lowest BCUT2D eigenvalue weighted by Crippen LogP contribution is -2.50. The molecule has 29 heavy (non-hydrogen) atoms. The molecule has 1 saturated heterocycles. The minimum atomic E-state index is 0.0990. The molecule has 1 saturated carbocycles. The molecule has 2 aliphatic carbocycles. The lowest BCUT2D eigenvalue weighted by atomic mass is 9.77. The summed E-state index contributed by atoms with van der Waals surface area (Å²) in [6.07, 6.45) is 15.3. The van der Waals surface area contributed by atoms with Gasteiger partial charge >= 0.3 is 0 Å². The number of aromatic nitrogens is 2. The van der Waals surface area contributed by atoms with Crippen LogP contribution in [0.5, 0.6) is 0 Å². The predicted molar refractivity (Wildman–Crippen MR) is 116 cm³/mol. The molecule has 6 nitrogen and oxygen atoms in total. The van der Waals surface area contributed by atoms with Crippen molar-refractivity contribution in [2.24, 2.45) is 0 Å². The molecule has 2 fully saturated rings. The van der Waals surface area contributed by atoms with Gasteiger partial charge in [0, 0.05) is 38.3 Å². The highest BCUT2D eigenvalue weighted by molar-refractivity contribution is 5.78. The number of carbonyl (C=O) groups is 1. The smallest absolute Gasteiger partial charge is 0.234 e. The van der Waals surface area contributed by atoms with Crippen molar-refractivity contribution >= 4 is 11.9 Å². The maximum atomic E-state index is 12.8. The number of amides is 1. The van der Waals surface area contributed by atoms with Crippen LogP contribution in [0.15, 0.2) is 6.20 Å². The molecule has 1 unspecified atom stereocenters. The van der Waals surface area contributed by atoms with Crippen molar-refractivity contribution in [1.29, 1.82) is 0 Å². The zero-order valence-corrected chi connectivity index (χ0v) is 18.3. The SMILES string of the molecule is CN(C)c1ncc2c(n1)C1(CCCN(CC(=O)NC3CCCCCCC3)C1)CC2. The van der Waals surface area contributed by atoms with E-state index in [2.05, 4.69) is 15.2 Å². The zero-order chi connectivity index (χ0) is 20.3. The molecule has 0 aromatic carbocycles. The molecule has 2 heterocycles. The molecule has 160 valence electrons. The van der Waals surface area contributed by atoms with E-state index in [1.807, 2.05) is 25.2 Å². The van der Waals surface area contributed by atoms with Crippen molar-refractivity contribution < 1.29 is 4.79 Å². The molecule has 1 aliphatic heterocycles. The third-order valence-electron chi connectivity index (χ3n) is 7.12. The van der Waals surface area contributed by atoms with Gasteiger partial charge in [0.1, 0.15) is 0 Å². The summed E-state index contributed by atoms with van der Waals surface area (Å²) in [5, 5.41) is 3.34. The number of carbonyl (C=O) groups excluding carboxylic acids is 1. The monoisotopic (exact) mass is 399 g/mol. The Bertz CT molecular complexity index is 709. The summed E-state index contributed by atoms with van der Waals surface area (Å²) in [7, 11) is 3.99. The lowest BCUT2D eigenvalue weighted by molar-refractivity contribution is -0.123. The Morgan fingerprint density at radius 2 is 1.93 bits per heavy atom. The first kappa shape index (κ1) is 20.6. The highest BCUT2D eigenvalue weighted by atomic mass is 16.2. The number of aryl methyl sites for hydroxylation is 1. The standard InChI is InChI=1S/C23H37N5O/c1-27(2)22-24-15-18-11-13-23(21(18)26-22)12-8-14-28(17-23)16-20(29)25-19-9-6-4-3-5-7-10-19/h15,19H,3-14,16-17H2,1-2H3,(H,25,29). The Morgan fingerprint density at radius 1 is 1.17 bits per heavy atom. The van der Waals surface area contributed by atoms with Gasteiger partial charge in [0.15, 0.2) is 0 Å². The topological polar surface area (TPSA) is 61.4 Å². The molecule has 1 N–H and O–H groups in total. The van der Waals surface area contributed by atoms with E-state index in [0.29, 0.717) is 12.6 Å². The second-order valence-corrected chi connectivity index (χ2v) is 9.64. The van der Waals surface area contributed by atoms with Crippen LogP contribution in [-0.4, -0.2) is 60.5 Å². The fourth-order valence-corrected chi connectivity index (χ4v) is 5.58. The van der Waals surface area contributed by atoms with Gasteiger partial charge in [-0.05, 0) is 50.6 Å². The summed E-state index contributed by atoms with van der Waals surface area (Å²) < 4.78 is 0. The second kappa shape index (κ2) is 8.99. The van der Waals surface area contributed by atoms with Crippen molar-refractivity contribution in [2.75, 3.05) is 38.6 Å². The van der Waals surface area contributed by atoms with Crippen LogP contribution in [0.25, 0.3) is 0 Å². The van der Waals surface area contributed by atoms with Gasteiger partial charge in [-0.2, -0.15) is 0 Å². The number of nitrogens with zero attached hydrogens (tertiary/aromatic N) is 4. The quantitative estimate of drug-likeness (QED) is 0.843. The van der Waals surface area contributed by atoms with Gasteiger partial charge in [-0.25, -0.2) is 9.97 Å². The Kier molecular flexibility index (Phi) is 6.38. The molecule has 1 aromatic rings. The van der Waals surface area contributed by atoms with Crippen molar-refractivity contribution in [1.82, 2.24) is 20.2 Å². The van der Waals surface area contributed by atoms with Gasteiger partial charge < -0.3 is 10.2 Å². The number of nitrogens with one attached hydrogen (secondary N) is 1. The van der Waals surface area contributed by atoms with Crippen molar-refractivity contribution in [3.8, 4) is 0 Å². The number of piperidine rings is 1. The van der Waals surface area contributed by atoms with Crippen LogP contribution in [0.3, 0.4) is 0 Å². The number of fused-ring (bicyclic) bond motifs is 2. The Morgan fingerprint density at radius 3 is 2.69 bits per heavy atom. The minimum Gasteiger partial charge on any atom is -0.352 e. The number of anilines is 1. The molecular formula is C23H37N5O.